The van der Waals surface area contributed by atoms with Gasteiger partial charge < -0.3 is 0 Å². The number of aryl methyl sites for hydroxylation is 1. The molecule has 0 aliphatic rings. The first-order valence-corrected chi connectivity index (χ1v) is 5.54. The summed E-state index contributed by atoms with van der Waals surface area (Å²) in [5.74, 6) is 0.0166. The van der Waals surface area contributed by atoms with Gasteiger partial charge in [0.2, 0.25) is 0 Å². The topological polar surface area (TPSA) is 71.6 Å². The van der Waals surface area contributed by atoms with Gasteiger partial charge in [-0.2, -0.15) is 5.26 Å². The SMILES string of the molecule is Cc1ccc(C(=O)C(C)n2cnc(C#N)n2)cc1. The highest BCUT2D eigenvalue weighted by atomic mass is 16.1. The minimum atomic E-state index is -0.470. The summed E-state index contributed by atoms with van der Waals surface area (Å²) in [4.78, 5) is 16.0. The number of hydrogen-bond donors (Lipinski definition) is 0. The Morgan fingerprint density at radius 2 is 2.06 bits per heavy atom. The summed E-state index contributed by atoms with van der Waals surface area (Å²) < 4.78 is 1.40. The Kier molecular flexibility index (Phi) is 3.20. The third-order valence-corrected chi connectivity index (χ3v) is 2.72. The molecule has 1 atom stereocenters. The Morgan fingerprint density at radius 3 is 2.61 bits per heavy atom. The molecule has 5 nitrogen and oxygen atoms in total. The minimum absolute atomic E-state index is 0.0515. The fourth-order valence-corrected chi connectivity index (χ4v) is 1.59. The average Bonchev–Trinajstić information content (AvgIpc) is 2.86. The number of benzene rings is 1. The second-order valence-corrected chi connectivity index (χ2v) is 4.07. The Balaban J connectivity index is 2.23. The molecule has 18 heavy (non-hydrogen) atoms. The third-order valence-electron chi connectivity index (χ3n) is 2.72. The molecule has 1 aromatic heterocycles. The van der Waals surface area contributed by atoms with Gasteiger partial charge in [0, 0.05) is 5.56 Å². The van der Waals surface area contributed by atoms with Crippen LogP contribution in [-0.4, -0.2) is 20.5 Å². The molecule has 0 spiro atoms. The highest BCUT2D eigenvalue weighted by Crippen LogP contribution is 2.13. The molecule has 0 saturated heterocycles. The van der Waals surface area contributed by atoms with Crippen LogP contribution in [0.4, 0.5) is 0 Å². The highest BCUT2D eigenvalue weighted by Gasteiger charge is 2.18. The van der Waals surface area contributed by atoms with Crippen molar-refractivity contribution in [2.75, 3.05) is 0 Å². The summed E-state index contributed by atoms with van der Waals surface area (Å²) >= 11 is 0. The monoisotopic (exact) mass is 240 g/mol. The van der Waals surface area contributed by atoms with Crippen LogP contribution in [0.5, 0.6) is 0 Å². The first-order chi connectivity index (χ1) is 8.61. The molecule has 1 heterocycles. The molecule has 90 valence electrons. The number of rotatable bonds is 3. The predicted molar refractivity (Wildman–Crippen MR) is 65.0 cm³/mol. The van der Waals surface area contributed by atoms with E-state index in [1.807, 2.05) is 25.1 Å². The molecule has 2 rings (SSSR count). The maximum atomic E-state index is 12.2. The first-order valence-electron chi connectivity index (χ1n) is 5.54. The largest absolute Gasteiger partial charge is 0.292 e. The van der Waals surface area contributed by atoms with Gasteiger partial charge in [-0.25, -0.2) is 9.67 Å². The lowest BCUT2D eigenvalue weighted by Gasteiger charge is -2.10. The minimum Gasteiger partial charge on any atom is -0.292 e. The summed E-state index contributed by atoms with van der Waals surface area (Å²) in [7, 11) is 0. The molecule has 0 saturated carbocycles. The smallest absolute Gasteiger partial charge is 0.252 e. The van der Waals surface area contributed by atoms with E-state index in [4.69, 9.17) is 5.26 Å². The molecule has 0 aliphatic heterocycles. The van der Waals surface area contributed by atoms with E-state index < -0.39 is 6.04 Å². The molecule has 1 aromatic carbocycles. The van der Waals surface area contributed by atoms with Gasteiger partial charge >= 0.3 is 0 Å². The van der Waals surface area contributed by atoms with Crippen molar-refractivity contribution in [1.82, 2.24) is 14.8 Å². The van der Waals surface area contributed by atoms with E-state index >= 15 is 0 Å². The van der Waals surface area contributed by atoms with Crippen LogP contribution in [0.3, 0.4) is 0 Å². The van der Waals surface area contributed by atoms with Crippen LogP contribution in [0.1, 0.15) is 34.7 Å². The van der Waals surface area contributed by atoms with Crippen molar-refractivity contribution in [2.45, 2.75) is 19.9 Å². The maximum absolute atomic E-state index is 12.2. The fraction of sp³-hybridized carbons (Fsp3) is 0.231. The molecular formula is C13H12N4O. The standard InChI is InChI=1S/C13H12N4O/c1-9-3-5-11(6-4-9)13(18)10(2)17-8-15-12(7-14)16-17/h3-6,8,10H,1-2H3. The van der Waals surface area contributed by atoms with E-state index in [1.54, 1.807) is 19.1 Å². The number of nitrogens with zero attached hydrogens (tertiary/aromatic N) is 4. The van der Waals surface area contributed by atoms with E-state index in [9.17, 15) is 4.79 Å². The first kappa shape index (κ1) is 12.0. The van der Waals surface area contributed by atoms with Crippen LogP contribution in [0.15, 0.2) is 30.6 Å². The van der Waals surface area contributed by atoms with Crippen molar-refractivity contribution in [3.05, 3.63) is 47.5 Å². The van der Waals surface area contributed by atoms with Crippen LogP contribution in [-0.2, 0) is 0 Å². The number of nitriles is 1. The zero-order valence-corrected chi connectivity index (χ0v) is 10.2. The summed E-state index contributed by atoms with van der Waals surface area (Å²) in [5.41, 5.74) is 1.73. The number of ketones is 1. The molecule has 0 bridgehead atoms. The molecule has 0 amide bonds. The second kappa shape index (κ2) is 4.80. The Morgan fingerprint density at radius 1 is 1.39 bits per heavy atom. The molecule has 2 aromatic rings. The van der Waals surface area contributed by atoms with Gasteiger partial charge in [-0.3, -0.25) is 4.79 Å². The van der Waals surface area contributed by atoms with Gasteiger partial charge in [0.1, 0.15) is 18.4 Å². The zero-order valence-electron chi connectivity index (χ0n) is 10.2. The molecule has 0 aliphatic carbocycles. The van der Waals surface area contributed by atoms with Gasteiger partial charge in [-0.15, -0.1) is 5.10 Å². The third kappa shape index (κ3) is 2.28. The Labute approximate surface area is 105 Å². The number of aromatic nitrogens is 3. The second-order valence-electron chi connectivity index (χ2n) is 4.07. The van der Waals surface area contributed by atoms with Crippen molar-refractivity contribution in [3.63, 3.8) is 0 Å². The van der Waals surface area contributed by atoms with Gasteiger partial charge in [0.05, 0.1) is 0 Å². The molecule has 0 radical (unpaired) electrons. The van der Waals surface area contributed by atoms with Crippen molar-refractivity contribution in [1.29, 1.82) is 5.26 Å². The van der Waals surface area contributed by atoms with E-state index in [0.717, 1.165) is 5.56 Å². The van der Waals surface area contributed by atoms with Gasteiger partial charge in [-0.1, -0.05) is 29.8 Å². The van der Waals surface area contributed by atoms with Crippen LogP contribution >= 0.6 is 0 Å². The number of carbonyl (C=O) groups excluding carboxylic acids is 1. The summed E-state index contributed by atoms with van der Waals surface area (Å²) in [5, 5.41) is 12.6. The highest BCUT2D eigenvalue weighted by molar-refractivity contribution is 5.98. The van der Waals surface area contributed by atoms with Crippen LogP contribution in [0, 0.1) is 18.3 Å². The van der Waals surface area contributed by atoms with E-state index in [1.165, 1.54) is 11.0 Å². The van der Waals surface area contributed by atoms with Crippen LogP contribution in [0.2, 0.25) is 0 Å². The predicted octanol–water partition coefficient (Wildman–Crippen LogP) is 1.90. The maximum Gasteiger partial charge on any atom is 0.252 e. The van der Waals surface area contributed by atoms with Gasteiger partial charge in [-0.05, 0) is 13.8 Å². The Bertz CT molecular complexity index is 607. The fourth-order valence-electron chi connectivity index (χ4n) is 1.59. The molecule has 0 fully saturated rings. The lowest BCUT2D eigenvalue weighted by atomic mass is 10.0. The summed E-state index contributed by atoms with van der Waals surface area (Å²) in [6.07, 6.45) is 1.40. The Hall–Kier alpha value is -2.48. The normalized spacial score (nSPS) is 11.8. The summed E-state index contributed by atoms with van der Waals surface area (Å²) in [6, 6.07) is 8.72. The molecule has 0 N–H and O–H groups in total. The van der Waals surface area contributed by atoms with Crippen LogP contribution in [0.25, 0.3) is 0 Å². The van der Waals surface area contributed by atoms with Crippen molar-refractivity contribution in [2.24, 2.45) is 0 Å². The van der Waals surface area contributed by atoms with Crippen molar-refractivity contribution >= 4 is 5.78 Å². The van der Waals surface area contributed by atoms with Crippen LogP contribution < -0.4 is 0 Å². The van der Waals surface area contributed by atoms with Gasteiger partial charge in [0.25, 0.3) is 5.82 Å². The lowest BCUT2D eigenvalue weighted by Crippen LogP contribution is -2.17. The van der Waals surface area contributed by atoms with E-state index in [2.05, 4.69) is 10.1 Å². The molecule has 1 unspecified atom stereocenters. The number of hydrogen-bond acceptors (Lipinski definition) is 4. The number of carbonyl (C=O) groups is 1. The molecule has 5 heteroatoms. The van der Waals surface area contributed by atoms with Crippen molar-refractivity contribution in [3.8, 4) is 6.07 Å². The van der Waals surface area contributed by atoms with Gasteiger partial charge in [0.15, 0.2) is 5.78 Å². The van der Waals surface area contributed by atoms with Crippen molar-refractivity contribution < 1.29 is 4.79 Å². The number of Topliss-reactive ketones (excluding diaryl/α,β-unsaturated/α-hetero) is 1. The molecular weight excluding hydrogens is 228 g/mol. The van der Waals surface area contributed by atoms with E-state index in [0.29, 0.717) is 5.56 Å². The quantitative estimate of drug-likeness (QED) is 0.768. The zero-order chi connectivity index (χ0) is 13.1. The van der Waals surface area contributed by atoms with E-state index in [-0.39, 0.29) is 11.6 Å². The average molecular weight is 240 g/mol. The summed E-state index contributed by atoms with van der Waals surface area (Å²) in [6.45, 7) is 3.70. The lowest BCUT2D eigenvalue weighted by molar-refractivity contribution is 0.0928.